The van der Waals surface area contributed by atoms with Crippen LogP contribution in [0.1, 0.15) is 5.69 Å². The van der Waals surface area contributed by atoms with Crippen LogP contribution in [0.2, 0.25) is 0 Å². The topological polar surface area (TPSA) is 55.3 Å². The molecule has 0 bridgehead atoms. The van der Waals surface area contributed by atoms with Crippen LogP contribution in [0.4, 0.5) is 10.3 Å². The minimum absolute atomic E-state index is 0.258. The van der Waals surface area contributed by atoms with Crippen LogP contribution in [0.3, 0.4) is 0 Å². The average Bonchev–Trinajstić information content (AvgIpc) is 2.61. The Morgan fingerprint density at radius 1 is 1.29 bits per heavy atom. The summed E-state index contributed by atoms with van der Waals surface area (Å²) in [6.45, 7) is 0.618. The molecule has 0 amide bonds. The van der Waals surface area contributed by atoms with Crippen molar-refractivity contribution < 1.29 is 8.91 Å². The van der Waals surface area contributed by atoms with E-state index in [4.69, 9.17) is 10.3 Å². The Bertz CT molecular complexity index is 505. The van der Waals surface area contributed by atoms with Crippen molar-refractivity contribution in [2.24, 2.45) is 0 Å². The number of aromatic nitrogens is 1. The summed E-state index contributed by atoms with van der Waals surface area (Å²) in [6.07, 6.45) is 0. The number of nitrogens with zero attached hydrogens (tertiary/aromatic N) is 2. The van der Waals surface area contributed by atoms with Crippen LogP contribution in [0.25, 0.3) is 11.1 Å². The van der Waals surface area contributed by atoms with Gasteiger partial charge in [-0.3, -0.25) is 0 Å². The van der Waals surface area contributed by atoms with Crippen molar-refractivity contribution >= 4 is 5.88 Å². The van der Waals surface area contributed by atoms with Gasteiger partial charge in [-0.1, -0.05) is 17.3 Å². The summed E-state index contributed by atoms with van der Waals surface area (Å²) >= 11 is 0. The third-order valence-electron chi connectivity index (χ3n) is 2.39. The van der Waals surface area contributed by atoms with Crippen molar-refractivity contribution in [3.8, 4) is 11.1 Å². The van der Waals surface area contributed by atoms with E-state index in [2.05, 4.69) is 5.16 Å². The summed E-state index contributed by atoms with van der Waals surface area (Å²) in [5.74, 6) is -0.0219. The molecule has 1 aromatic carbocycles. The second-order valence-electron chi connectivity index (χ2n) is 4.11. The highest BCUT2D eigenvalue weighted by molar-refractivity contribution is 5.74. The smallest absolute Gasteiger partial charge is 0.230 e. The molecule has 0 aliphatic rings. The first-order valence-electron chi connectivity index (χ1n) is 5.22. The minimum Gasteiger partial charge on any atom is -0.367 e. The lowest BCUT2D eigenvalue weighted by Gasteiger charge is -2.08. The Morgan fingerprint density at radius 2 is 1.94 bits per heavy atom. The number of nitrogen functional groups attached to an aromatic ring is 1. The summed E-state index contributed by atoms with van der Waals surface area (Å²) in [7, 11) is 3.86. The van der Waals surface area contributed by atoms with Crippen molar-refractivity contribution in [3.05, 3.63) is 35.8 Å². The second kappa shape index (κ2) is 4.55. The van der Waals surface area contributed by atoms with Gasteiger partial charge in [0, 0.05) is 6.54 Å². The van der Waals surface area contributed by atoms with Gasteiger partial charge in [-0.2, -0.15) is 0 Å². The number of hydrogen-bond donors (Lipinski definition) is 1. The highest BCUT2D eigenvalue weighted by Crippen LogP contribution is 2.30. The Labute approximate surface area is 98.8 Å². The van der Waals surface area contributed by atoms with Crippen molar-refractivity contribution in [2.75, 3.05) is 19.8 Å². The summed E-state index contributed by atoms with van der Waals surface area (Å²) in [6, 6.07) is 6.11. The molecule has 90 valence electrons. The fourth-order valence-electron chi connectivity index (χ4n) is 1.67. The van der Waals surface area contributed by atoms with Gasteiger partial charge >= 0.3 is 0 Å². The lowest BCUT2D eigenvalue weighted by Crippen LogP contribution is -2.11. The molecule has 5 heteroatoms. The number of anilines is 1. The molecule has 2 rings (SSSR count). The molecule has 0 saturated heterocycles. The molecule has 17 heavy (non-hydrogen) atoms. The van der Waals surface area contributed by atoms with Crippen LogP contribution < -0.4 is 5.73 Å². The van der Waals surface area contributed by atoms with E-state index in [1.807, 2.05) is 19.0 Å². The minimum atomic E-state index is -0.280. The van der Waals surface area contributed by atoms with E-state index >= 15 is 0 Å². The summed E-state index contributed by atoms with van der Waals surface area (Å²) in [5, 5.41) is 3.92. The molecule has 2 aromatic rings. The van der Waals surface area contributed by atoms with Gasteiger partial charge in [-0.05, 0) is 31.8 Å². The van der Waals surface area contributed by atoms with Crippen LogP contribution in [-0.2, 0) is 6.54 Å². The second-order valence-corrected chi connectivity index (χ2v) is 4.11. The molecule has 0 spiro atoms. The van der Waals surface area contributed by atoms with Gasteiger partial charge < -0.3 is 15.2 Å². The van der Waals surface area contributed by atoms with Gasteiger partial charge in [0.25, 0.3) is 0 Å². The van der Waals surface area contributed by atoms with Crippen molar-refractivity contribution in [3.63, 3.8) is 0 Å². The average molecular weight is 235 g/mol. The molecule has 2 N–H and O–H groups in total. The predicted molar refractivity (Wildman–Crippen MR) is 63.7 cm³/mol. The normalized spacial score (nSPS) is 11.1. The summed E-state index contributed by atoms with van der Waals surface area (Å²) < 4.78 is 17.8. The van der Waals surface area contributed by atoms with Gasteiger partial charge in [-0.15, -0.1) is 0 Å². The largest absolute Gasteiger partial charge is 0.367 e. The molecule has 0 radical (unpaired) electrons. The summed E-state index contributed by atoms with van der Waals surface area (Å²) in [4.78, 5) is 1.96. The Hall–Kier alpha value is -1.88. The zero-order valence-corrected chi connectivity index (χ0v) is 9.77. The first kappa shape index (κ1) is 11.6. The molecule has 0 unspecified atom stereocenters. The molecule has 4 nitrogen and oxygen atoms in total. The lowest BCUT2D eigenvalue weighted by molar-refractivity contribution is 0.368. The third-order valence-corrected chi connectivity index (χ3v) is 2.39. The van der Waals surface area contributed by atoms with Gasteiger partial charge in [0.05, 0.1) is 5.56 Å². The van der Waals surface area contributed by atoms with Crippen LogP contribution in [-0.4, -0.2) is 24.2 Å². The molecule has 1 aromatic heterocycles. The first-order chi connectivity index (χ1) is 8.08. The Balaban J connectivity index is 2.43. The van der Waals surface area contributed by atoms with E-state index in [0.717, 1.165) is 16.8 Å². The van der Waals surface area contributed by atoms with E-state index in [-0.39, 0.29) is 11.7 Å². The molecule has 1 heterocycles. The van der Waals surface area contributed by atoms with E-state index in [0.29, 0.717) is 6.54 Å². The number of rotatable bonds is 3. The molecule has 0 saturated carbocycles. The van der Waals surface area contributed by atoms with E-state index < -0.39 is 0 Å². The Morgan fingerprint density at radius 3 is 2.53 bits per heavy atom. The maximum absolute atomic E-state index is 12.9. The molecule has 0 fully saturated rings. The molecular weight excluding hydrogens is 221 g/mol. The zero-order chi connectivity index (χ0) is 12.4. The maximum Gasteiger partial charge on any atom is 0.230 e. The summed E-state index contributed by atoms with van der Waals surface area (Å²) in [5.41, 5.74) is 8.04. The van der Waals surface area contributed by atoms with Crippen LogP contribution >= 0.6 is 0 Å². The molecule has 0 atom stereocenters. The fraction of sp³-hybridized carbons (Fsp3) is 0.250. The van der Waals surface area contributed by atoms with Gasteiger partial charge in [0.15, 0.2) is 0 Å². The number of nitrogens with two attached hydrogens (primary N) is 1. The number of halogens is 1. The monoisotopic (exact) mass is 235 g/mol. The predicted octanol–water partition coefficient (Wildman–Crippen LogP) is 2.12. The maximum atomic E-state index is 12.9. The van der Waals surface area contributed by atoms with E-state index in [1.165, 1.54) is 12.1 Å². The standard InChI is InChI=1S/C12H14FN3O/c1-16(2)7-10-11(12(14)17-15-10)8-3-5-9(13)6-4-8/h3-6H,7,14H2,1-2H3. The first-order valence-corrected chi connectivity index (χ1v) is 5.22. The van der Waals surface area contributed by atoms with E-state index in [9.17, 15) is 4.39 Å². The highest BCUT2D eigenvalue weighted by atomic mass is 19.1. The highest BCUT2D eigenvalue weighted by Gasteiger charge is 2.16. The Kier molecular flexibility index (Phi) is 3.10. The SMILES string of the molecule is CN(C)Cc1noc(N)c1-c1ccc(F)cc1. The number of benzene rings is 1. The van der Waals surface area contributed by atoms with Gasteiger partial charge in [0.2, 0.25) is 5.88 Å². The quantitative estimate of drug-likeness (QED) is 0.885. The zero-order valence-electron chi connectivity index (χ0n) is 9.77. The van der Waals surface area contributed by atoms with E-state index in [1.54, 1.807) is 12.1 Å². The van der Waals surface area contributed by atoms with Crippen LogP contribution in [0, 0.1) is 5.82 Å². The molecular formula is C12H14FN3O. The van der Waals surface area contributed by atoms with Crippen molar-refractivity contribution in [1.29, 1.82) is 0 Å². The van der Waals surface area contributed by atoms with Gasteiger partial charge in [0.1, 0.15) is 11.5 Å². The lowest BCUT2D eigenvalue weighted by atomic mass is 10.1. The molecule has 0 aliphatic carbocycles. The molecule has 0 aliphatic heterocycles. The fourth-order valence-corrected chi connectivity index (χ4v) is 1.67. The van der Waals surface area contributed by atoms with Crippen molar-refractivity contribution in [2.45, 2.75) is 6.54 Å². The van der Waals surface area contributed by atoms with Crippen molar-refractivity contribution in [1.82, 2.24) is 10.1 Å². The van der Waals surface area contributed by atoms with Gasteiger partial charge in [-0.25, -0.2) is 4.39 Å². The third kappa shape index (κ3) is 2.45. The van der Waals surface area contributed by atoms with Crippen LogP contribution in [0.15, 0.2) is 28.8 Å². The number of hydrogen-bond acceptors (Lipinski definition) is 4. The van der Waals surface area contributed by atoms with Crippen LogP contribution in [0.5, 0.6) is 0 Å².